The number of fused-ring (bicyclic) bond motifs is 1. The number of H-pyrrole nitrogens is 3. The number of aliphatic carboxylic acids is 1. The van der Waals surface area contributed by atoms with Crippen LogP contribution in [0.15, 0.2) is 60.5 Å². The van der Waals surface area contributed by atoms with E-state index in [0.29, 0.717) is 27.9 Å². The summed E-state index contributed by atoms with van der Waals surface area (Å²) < 4.78 is 0. The van der Waals surface area contributed by atoms with Crippen molar-refractivity contribution in [3.63, 3.8) is 0 Å². The van der Waals surface area contributed by atoms with E-state index < -0.39 is 175 Å². The van der Waals surface area contributed by atoms with Crippen LogP contribution < -0.4 is 81.8 Å². The zero-order valence-corrected chi connectivity index (χ0v) is 53.0. The van der Waals surface area contributed by atoms with Crippen LogP contribution in [0.3, 0.4) is 0 Å². The lowest BCUT2D eigenvalue weighted by atomic mass is 9.98. The number of carbonyl (C=O) groups is 13. The van der Waals surface area contributed by atoms with Crippen LogP contribution in [0.5, 0.6) is 0 Å². The van der Waals surface area contributed by atoms with Crippen molar-refractivity contribution in [3.8, 4) is 0 Å². The molecule has 10 atom stereocenters. The van der Waals surface area contributed by atoms with Crippen LogP contribution in [0, 0.1) is 11.8 Å². The first-order valence-electron chi connectivity index (χ1n) is 29.4. The number of aromatic amines is 3. The van der Waals surface area contributed by atoms with Crippen molar-refractivity contribution >= 4 is 115 Å². The number of aromatic nitrogens is 5. The summed E-state index contributed by atoms with van der Waals surface area (Å²) in [6.07, 6.45) is 3.90. The Bertz CT molecular complexity index is 3310. The summed E-state index contributed by atoms with van der Waals surface area (Å²) in [5.41, 5.74) is 30.3. The number of hydrogen-bond donors (Lipinski definition) is 19. The third-order valence-electron chi connectivity index (χ3n) is 14.4. The second-order valence-corrected chi connectivity index (χ2v) is 25.0. The number of carbonyl (C=O) groups excluding carboxylic acids is 12. The number of para-hydroxylation sites is 1. The molecular formula is C56H81N21O14S2. The predicted molar refractivity (Wildman–Crippen MR) is 339 cm³/mol. The molecule has 5 rings (SSSR count). The second kappa shape index (κ2) is 36.3. The standard InChI is InChI=1S/C56H81N21O14S2/c1-26(2)44-54(90)71-35(11-12-41(58)78)50(86)74-39(17-43(80)81)53(89)72-36(14-28-18-65-33-9-6-5-8-31(28)33)48(84)66-21-42(79)69-37(15-29-19-62-24-67-29)51(87)73-38(16-30-20-63-25-68-30)52(88)70-34(10-7-13-64-56(60)61)49(85)75-40(46(59)82)23-93-92-22-32(57)47(83)76-45(27(3)4)55(91)77-44/h5-6,8-9,18-20,24-27,32,34-40,44-45,65H,7,10-17,21-23,57H2,1-4H3,(H2,58,78)(H2,59,82)(H,62,67)(H,63,68)(H,66,84)(H,69,79)(H,70,88)(H,71,90)(H,72,89)(H,73,87)(H,74,86)(H,75,85)(H,76,83)(H,77,91)(H,80,81)(H4,60,61,64)/t32-,34-,35-,36-,37-,38-,39-,40-,44-,45-/m0/s1. The fourth-order valence-electron chi connectivity index (χ4n) is 9.33. The number of primary amides is 2. The Morgan fingerprint density at radius 2 is 1.10 bits per heavy atom. The van der Waals surface area contributed by atoms with E-state index in [4.69, 9.17) is 28.7 Å². The first-order valence-corrected chi connectivity index (χ1v) is 31.9. The van der Waals surface area contributed by atoms with Crippen LogP contribution in [0.1, 0.15) is 76.8 Å². The number of benzene rings is 1. The van der Waals surface area contributed by atoms with E-state index >= 15 is 0 Å². The lowest BCUT2D eigenvalue weighted by Crippen LogP contribution is -2.61. The van der Waals surface area contributed by atoms with Crippen LogP contribution in [-0.4, -0.2) is 198 Å². The van der Waals surface area contributed by atoms with Crippen LogP contribution in [-0.2, 0) is 81.6 Å². The molecule has 37 heteroatoms. The van der Waals surface area contributed by atoms with E-state index in [9.17, 15) is 67.4 Å². The number of carboxylic acid groups (broad SMARTS) is 1. The second-order valence-electron chi connectivity index (χ2n) is 22.4. The summed E-state index contributed by atoms with van der Waals surface area (Å²) in [5.74, 6) is -15.2. The fraction of sp³-hybridized carbons (Fsp3) is 0.500. The van der Waals surface area contributed by atoms with Gasteiger partial charge in [0.2, 0.25) is 70.9 Å². The molecule has 1 saturated heterocycles. The summed E-state index contributed by atoms with van der Waals surface area (Å²) in [7, 11) is 2.00. The van der Waals surface area contributed by atoms with Gasteiger partial charge in [0, 0.05) is 84.6 Å². The Morgan fingerprint density at radius 3 is 1.67 bits per heavy atom. The Kier molecular flexibility index (Phi) is 28.9. The number of nitrogens with zero attached hydrogens (tertiary/aromatic N) is 3. The molecule has 3 aromatic heterocycles. The number of hydrogen-bond acceptors (Lipinski definition) is 19. The largest absolute Gasteiger partial charge is 0.481 e. The smallest absolute Gasteiger partial charge is 0.305 e. The van der Waals surface area contributed by atoms with Gasteiger partial charge in [-0.2, -0.15) is 0 Å². The van der Waals surface area contributed by atoms with E-state index in [0.717, 1.165) is 21.6 Å². The minimum atomic E-state index is -1.98. The maximum absolute atomic E-state index is 14.5. The molecule has 0 radical (unpaired) electrons. The molecule has 0 bridgehead atoms. The normalized spacial score (nSPS) is 23.8. The predicted octanol–water partition coefficient (Wildman–Crippen LogP) is -5.57. The van der Waals surface area contributed by atoms with E-state index in [-0.39, 0.29) is 56.1 Å². The Hall–Kier alpha value is -9.78. The van der Waals surface area contributed by atoms with Crippen molar-refractivity contribution in [1.82, 2.24) is 78.1 Å². The van der Waals surface area contributed by atoms with Crippen LogP contribution >= 0.6 is 21.6 Å². The van der Waals surface area contributed by atoms with Crippen LogP contribution in [0.25, 0.3) is 10.9 Å². The van der Waals surface area contributed by atoms with Crippen molar-refractivity contribution in [2.75, 3.05) is 24.6 Å². The minimum absolute atomic E-state index is 0.00300. The molecule has 35 nitrogen and oxygen atoms in total. The molecule has 0 saturated carbocycles. The monoisotopic (exact) mass is 1340 g/mol. The first kappa shape index (κ1) is 74.0. The van der Waals surface area contributed by atoms with Gasteiger partial charge in [-0.05, 0) is 42.7 Å². The van der Waals surface area contributed by atoms with Gasteiger partial charge in [0.1, 0.15) is 54.4 Å². The third kappa shape index (κ3) is 24.1. The summed E-state index contributed by atoms with van der Waals surface area (Å²) in [4.78, 5) is 200. The molecule has 506 valence electrons. The highest BCUT2D eigenvalue weighted by molar-refractivity contribution is 8.76. The molecular weight excluding hydrogens is 1250 g/mol. The summed E-state index contributed by atoms with van der Waals surface area (Å²) in [6, 6.07) is -8.33. The highest BCUT2D eigenvalue weighted by Gasteiger charge is 2.37. The molecule has 0 aliphatic carbocycles. The fourth-order valence-corrected chi connectivity index (χ4v) is 11.6. The molecule has 12 amide bonds. The molecule has 4 aromatic rings. The van der Waals surface area contributed by atoms with Gasteiger partial charge >= 0.3 is 5.97 Å². The molecule has 0 unspecified atom stereocenters. The van der Waals surface area contributed by atoms with E-state index in [1.54, 1.807) is 58.2 Å². The highest BCUT2D eigenvalue weighted by atomic mass is 33.1. The molecule has 0 spiro atoms. The molecule has 1 aliphatic heterocycles. The molecule has 1 aromatic carbocycles. The summed E-state index contributed by atoms with van der Waals surface area (Å²) >= 11 is 0. The van der Waals surface area contributed by atoms with Crippen molar-refractivity contribution in [1.29, 1.82) is 0 Å². The van der Waals surface area contributed by atoms with E-state index in [2.05, 4.69) is 83.1 Å². The van der Waals surface area contributed by atoms with Gasteiger partial charge in [-0.15, -0.1) is 0 Å². The molecule has 4 heterocycles. The van der Waals surface area contributed by atoms with E-state index in [1.807, 2.05) is 0 Å². The lowest BCUT2D eigenvalue weighted by Gasteiger charge is -2.29. The number of guanidine groups is 1. The topological polar surface area (TPSA) is 578 Å². The van der Waals surface area contributed by atoms with Gasteiger partial charge < -0.3 is 102 Å². The average Bonchev–Trinajstić information content (AvgIpc) is 2.12. The number of imidazole rings is 2. The Morgan fingerprint density at radius 1 is 0.591 bits per heavy atom. The number of nitrogens with one attached hydrogen (secondary N) is 13. The molecule has 24 N–H and O–H groups in total. The number of carboxylic acids is 1. The molecule has 93 heavy (non-hydrogen) atoms. The maximum atomic E-state index is 14.5. The SMILES string of the molecule is CC(C)[C@@H]1NC(=O)[C@H](C(C)C)NC(=O)[C@@H](N)CSSC[C@@H](C(N)=O)NC(=O)[C@H](CCCN=C(N)N)NC(=O)[C@H](Cc2cnc[nH]2)NC(=O)[C@H](Cc2cnc[nH]2)NC(=O)CNC(=O)[C@H](Cc2c[nH]c3ccccc23)NC(=O)[C@H](CC(=O)O)NC(=O)[C@H](CCC(N)=O)NC1=O. The molecule has 1 aliphatic rings. The Balaban J connectivity index is 1.54. The van der Waals surface area contributed by atoms with Crippen LogP contribution in [0.4, 0.5) is 0 Å². The Labute approximate surface area is 540 Å². The van der Waals surface area contributed by atoms with E-state index in [1.165, 1.54) is 25.0 Å². The first-order chi connectivity index (χ1) is 44.1. The summed E-state index contributed by atoms with van der Waals surface area (Å²) in [5, 5.41) is 35.8. The van der Waals surface area contributed by atoms with Crippen molar-refractivity contribution in [3.05, 3.63) is 72.5 Å². The summed E-state index contributed by atoms with van der Waals surface area (Å²) in [6.45, 7) is 5.44. The minimum Gasteiger partial charge on any atom is -0.481 e. The van der Waals surface area contributed by atoms with Gasteiger partial charge in [-0.3, -0.25) is 67.3 Å². The van der Waals surface area contributed by atoms with Gasteiger partial charge in [0.15, 0.2) is 5.96 Å². The maximum Gasteiger partial charge on any atom is 0.305 e. The van der Waals surface area contributed by atoms with Crippen molar-refractivity contribution < 1.29 is 67.4 Å². The number of aliphatic imine (C=N–C) groups is 1. The van der Waals surface area contributed by atoms with Gasteiger partial charge in [0.25, 0.3) is 0 Å². The van der Waals surface area contributed by atoms with Gasteiger partial charge in [-0.25, -0.2) is 9.97 Å². The van der Waals surface area contributed by atoms with Gasteiger partial charge in [0.05, 0.1) is 31.7 Å². The van der Waals surface area contributed by atoms with Crippen molar-refractivity contribution in [2.24, 2.45) is 45.5 Å². The average molecular weight is 1340 g/mol. The zero-order chi connectivity index (χ0) is 68.5. The van der Waals surface area contributed by atoms with Crippen molar-refractivity contribution in [2.45, 2.75) is 139 Å². The quantitative estimate of drug-likeness (QED) is 0.0191. The molecule has 1 fully saturated rings. The number of amides is 12. The third-order valence-corrected chi connectivity index (χ3v) is 16.8. The number of rotatable bonds is 18. The highest BCUT2D eigenvalue weighted by Crippen LogP contribution is 2.24. The van der Waals surface area contributed by atoms with Crippen LogP contribution in [0.2, 0.25) is 0 Å². The van der Waals surface area contributed by atoms with Gasteiger partial charge in [-0.1, -0.05) is 67.5 Å². The lowest BCUT2D eigenvalue weighted by molar-refractivity contribution is -0.141. The number of nitrogens with two attached hydrogens (primary N) is 5. The zero-order valence-electron chi connectivity index (χ0n) is 51.4.